The lowest BCUT2D eigenvalue weighted by Crippen LogP contribution is -2.39. The van der Waals surface area contributed by atoms with E-state index in [9.17, 15) is 28.2 Å². The van der Waals surface area contributed by atoms with E-state index in [1.54, 1.807) is 34.6 Å². The van der Waals surface area contributed by atoms with E-state index < -0.39 is 15.6 Å². The molecule has 17 heteroatoms. The molecule has 4 aromatic rings. The molecule has 2 aliphatic heterocycles. The number of amides is 2. The van der Waals surface area contributed by atoms with Gasteiger partial charge in [0.05, 0.1) is 38.5 Å². The number of rotatable bonds is 16. The molecule has 334 valence electrons. The molecule has 0 spiro atoms. The summed E-state index contributed by atoms with van der Waals surface area (Å²) in [5.41, 5.74) is 3.85. The molecular formula is C46H58FN10O4PS. The molecule has 3 fully saturated rings. The monoisotopic (exact) mass is 896 g/mol. The molecule has 3 aliphatic rings. The van der Waals surface area contributed by atoms with Crippen molar-refractivity contribution >= 4 is 72.6 Å². The summed E-state index contributed by atoms with van der Waals surface area (Å²) in [5.74, 6) is 4.28. The standard InChI is InChI=1S/C46H58FN10O4PS/c1-30(29-54-18-13-31(14-19-54)32-8-12-39-41(26-32)53(4)52-44(39)56(17-6-22-58)46(60)50-3)23-34-24-38(11-7-33(34)27-48)63(5,61)55-20-15-36(16-21-55)51-28-35-25-40(42(47)62)45(59)57(37-9-10-37)43(35)49-2/h7-8,11-12,22,24-26,28,30-31,36-37,42H,2,5-6,9-10,13-21,23,29,62H2,1,3-4H3,(H,50,60). The van der Waals surface area contributed by atoms with Crippen molar-refractivity contribution in [3.8, 4) is 6.07 Å². The van der Waals surface area contributed by atoms with Crippen LogP contribution in [0.1, 0.15) is 97.6 Å². The van der Waals surface area contributed by atoms with Crippen molar-refractivity contribution in [3.05, 3.63) is 80.6 Å². The third-order valence-corrected chi connectivity index (χ3v) is 15.2. The molecule has 14 nitrogen and oxygen atoms in total. The van der Waals surface area contributed by atoms with Crippen LogP contribution < -0.4 is 15.8 Å². The Bertz CT molecular complexity index is 2600. The van der Waals surface area contributed by atoms with E-state index in [0.29, 0.717) is 65.9 Å². The zero-order valence-electron chi connectivity index (χ0n) is 36.4. The van der Waals surface area contributed by atoms with Crippen molar-refractivity contribution < 1.29 is 18.2 Å². The van der Waals surface area contributed by atoms with Crippen molar-refractivity contribution in [1.29, 1.82) is 5.26 Å². The van der Waals surface area contributed by atoms with Crippen molar-refractivity contribution in [2.75, 3.05) is 51.2 Å². The van der Waals surface area contributed by atoms with Crippen molar-refractivity contribution in [2.24, 2.45) is 23.0 Å². The zero-order chi connectivity index (χ0) is 45.0. The van der Waals surface area contributed by atoms with Gasteiger partial charge in [-0.2, -0.15) is 10.4 Å². The van der Waals surface area contributed by atoms with Crippen LogP contribution in [0.25, 0.3) is 10.9 Å². The lowest BCUT2D eigenvalue weighted by Gasteiger charge is -2.34. The van der Waals surface area contributed by atoms with Gasteiger partial charge in [0.1, 0.15) is 18.0 Å². The van der Waals surface area contributed by atoms with E-state index in [0.717, 1.165) is 68.1 Å². The first kappa shape index (κ1) is 45.9. The number of nitrogens with one attached hydrogen (secondary N) is 1. The Morgan fingerprint density at radius 1 is 1.13 bits per heavy atom. The largest absolute Gasteiger partial charge is 0.341 e. The number of fused-ring (bicyclic) bond motifs is 1. The number of carbonyl (C=O) groups is 2. The number of piperidine rings is 2. The summed E-state index contributed by atoms with van der Waals surface area (Å²) in [7, 11) is 2.64. The Hall–Kier alpha value is -5.07. The average molecular weight is 897 g/mol. The van der Waals surface area contributed by atoms with Gasteiger partial charge in [-0.25, -0.2) is 22.7 Å². The number of alkyl halides is 1. The minimum Gasteiger partial charge on any atom is -0.341 e. The maximum absolute atomic E-state index is 14.4. The number of hydrogen-bond donors (Lipinski definition) is 1. The van der Waals surface area contributed by atoms with Crippen molar-refractivity contribution in [3.63, 3.8) is 0 Å². The van der Waals surface area contributed by atoms with Gasteiger partial charge < -0.3 is 15.0 Å². The maximum atomic E-state index is 14.4. The molecule has 4 atom stereocenters. The molecular weight excluding hydrogens is 839 g/mol. The van der Waals surface area contributed by atoms with E-state index in [-0.39, 0.29) is 48.1 Å². The van der Waals surface area contributed by atoms with Crippen LogP contribution in [0.15, 0.2) is 62.1 Å². The smallest absolute Gasteiger partial charge is 0.322 e. The SMILES string of the molecule is C=Nc1c(C=NC2CCN(S(=C)(=O)c3ccc(C#N)c(CC(C)CN4CCC(c5ccc6c(N(CCC=O)C(=O)NC)nn(C)c6c5)CC4)c3)CC2)cc(C(F)P)c(=O)n1C1CC1. The number of aliphatic imine (C=N–C) groups is 2. The summed E-state index contributed by atoms with van der Waals surface area (Å²) in [6.45, 7) is 9.90. The Morgan fingerprint density at radius 3 is 2.49 bits per heavy atom. The molecule has 1 N–H and O–H groups in total. The van der Waals surface area contributed by atoms with Crippen molar-refractivity contribution in [2.45, 2.75) is 87.1 Å². The number of halogens is 1. The average Bonchev–Trinajstić information content (AvgIpc) is 4.08. The van der Waals surface area contributed by atoms with E-state index >= 15 is 0 Å². The predicted molar refractivity (Wildman–Crippen MR) is 253 cm³/mol. The molecule has 4 unspecified atom stereocenters. The molecule has 1 saturated carbocycles. The fraction of sp³-hybridized carbons (Fsp3) is 0.478. The van der Waals surface area contributed by atoms with Gasteiger partial charge >= 0.3 is 6.03 Å². The number of urea groups is 1. The van der Waals surface area contributed by atoms with Crippen LogP contribution in [0.5, 0.6) is 0 Å². The summed E-state index contributed by atoms with van der Waals surface area (Å²) in [5, 5.41) is 18.2. The minimum absolute atomic E-state index is 0.00615. The molecule has 4 heterocycles. The van der Waals surface area contributed by atoms with Crippen LogP contribution in [0.3, 0.4) is 0 Å². The van der Waals surface area contributed by atoms with Crippen LogP contribution in [0.4, 0.5) is 20.8 Å². The number of aromatic nitrogens is 3. The van der Waals surface area contributed by atoms with Gasteiger partial charge in [-0.1, -0.05) is 22.2 Å². The number of benzene rings is 2. The highest BCUT2D eigenvalue weighted by molar-refractivity contribution is 7.98. The van der Waals surface area contributed by atoms with Gasteiger partial charge in [0, 0.05) is 74.8 Å². The van der Waals surface area contributed by atoms with Gasteiger partial charge in [0.25, 0.3) is 5.56 Å². The molecule has 2 aromatic heterocycles. The second kappa shape index (κ2) is 19.8. The summed E-state index contributed by atoms with van der Waals surface area (Å²) in [6.07, 6.45) is 8.30. The zero-order valence-corrected chi connectivity index (χ0v) is 38.4. The molecule has 0 radical (unpaired) electrons. The highest BCUT2D eigenvalue weighted by Gasteiger charge is 2.31. The number of nitrogens with zero attached hydrogens (tertiary/aromatic N) is 9. The summed E-state index contributed by atoms with van der Waals surface area (Å²) >= 11 is 0. The van der Waals surface area contributed by atoms with Gasteiger partial charge in [-0.15, -0.1) is 0 Å². The van der Waals surface area contributed by atoms with E-state index in [1.807, 2.05) is 23.5 Å². The maximum Gasteiger partial charge on any atom is 0.322 e. The van der Waals surface area contributed by atoms with E-state index in [4.69, 9.17) is 4.99 Å². The minimum atomic E-state index is -2.84. The number of hydrogen-bond acceptors (Lipinski definition) is 9. The molecule has 2 amide bonds. The first-order valence-electron chi connectivity index (χ1n) is 21.7. The normalized spacial score (nSPS) is 18.8. The number of likely N-dealkylation sites (tertiary alicyclic amines) is 1. The number of carbonyl (C=O) groups excluding carboxylic acids is 2. The molecule has 63 heavy (non-hydrogen) atoms. The molecule has 1 aliphatic carbocycles. The van der Waals surface area contributed by atoms with Gasteiger partial charge in [0.15, 0.2) is 5.82 Å². The van der Waals surface area contributed by atoms with Crippen LogP contribution in [-0.2, 0) is 28.0 Å². The third kappa shape index (κ3) is 10.0. The second-order valence-corrected chi connectivity index (χ2v) is 20.0. The Balaban J connectivity index is 0.952. The predicted octanol–water partition coefficient (Wildman–Crippen LogP) is 6.48. The van der Waals surface area contributed by atoms with Gasteiger partial charge in [-0.3, -0.25) is 23.9 Å². The van der Waals surface area contributed by atoms with E-state index in [2.05, 4.69) is 67.3 Å². The lowest BCUT2D eigenvalue weighted by atomic mass is 9.88. The van der Waals surface area contributed by atoms with Gasteiger partial charge in [0.2, 0.25) is 0 Å². The number of anilines is 1. The number of aryl methyl sites for hydroxylation is 1. The molecule has 2 aromatic carbocycles. The molecule has 2 saturated heterocycles. The quantitative estimate of drug-likeness (QED) is 0.0583. The molecule has 0 bridgehead atoms. The first-order valence-corrected chi connectivity index (χ1v) is 24.1. The third-order valence-electron chi connectivity index (χ3n) is 12.7. The fourth-order valence-electron chi connectivity index (χ4n) is 9.13. The number of nitriles is 1. The Kier molecular flexibility index (Phi) is 14.4. The second-order valence-electron chi connectivity index (χ2n) is 17.1. The summed E-state index contributed by atoms with van der Waals surface area (Å²) in [4.78, 5) is 50.3. The fourth-order valence-corrected chi connectivity index (χ4v) is 11.1. The van der Waals surface area contributed by atoms with Gasteiger partial charge in [-0.05, 0) is 130 Å². The lowest BCUT2D eigenvalue weighted by molar-refractivity contribution is -0.107. The first-order chi connectivity index (χ1) is 30.3. The topological polar surface area (TPSA) is 161 Å². The van der Waals surface area contributed by atoms with Crippen LogP contribution >= 0.6 is 9.24 Å². The number of pyridine rings is 1. The van der Waals surface area contributed by atoms with E-state index in [1.165, 1.54) is 16.5 Å². The highest BCUT2D eigenvalue weighted by atomic mass is 32.2. The van der Waals surface area contributed by atoms with Crippen LogP contribution in [0.2, 0.25) is 0 Å². The Labute approximate surface area is 371 Å². The summed E-state index contributed by atoms with van der Waals surface area (Å²) in [6, 6.07) is 15.3. The highest BCUT2D eigenvalue weighted by Crippen LogP contribution is 2.39. The summed E-state index contributed by atoms with van der Waals surface area (Å²) < 4.78 is 34.1. The van der Waals surface area contributed by atoms with Crippen molar-refractivity contribution in [1.82, 2.24) is 28.9 Å². The van der Waals surface area contributed by atoms with Crippen LogP contribution in [0, 0.1) is 17.2 Å². The molecule has 7 rings (SSSR count). The number of aldehydes is 1. The van der Waals surface area contributed by atoms with Crippen LogP contribution in [-0.4, -0.2) is 111 Å². The Morgan fingerprint density at radius 2 is 1.86 bits per heavy atom.